The van der Waals surface area contributed by atoms with Crippen molar-refractivity contribution in [3.05, 3.63) is 23.8 Å². The zero-order chi connectivity index (χ0) is 16.4. The number of hydrogen-bond acceptors (Lipinski definition) is 4. The Kier molecular flexibility index (Phi) is 8.94. The number of nitrogen functional groups attached to an aromatic ring is 1. The van der Waals surface area contributed by atoms with Crippen LogP contribution in [0.3, 0.4) is 0 Å². The Morgan fingerprint density at radius 3 is 2.32 bits per heavy atom. The standard InChI is InChI=1S/C18H32N2O2/c1-4-10-20(11-5-2)12-9-17(21)15-7-8-18(16(19)14-15)22-13-6-3/h7-8,14,17,21H,4-6,9-13,19H2,1-3H3. The molecule has 0 fully saturated rings. The van der Waals surface area contributed by atoms with Crippen molar-refractivity contribution in [3.63, 3.8) is 0 Å². The van der Waals surface area contributed by atoms with E-state index in [1.807, 2.05) is 18.2 Å². The number of benzene rings is 1. The number of nitrogens with two attached hydrogens (primary N) is 1. The molecule has 0 saturated carbocycles. The minimum atomic E-state index is -0.473. The first-order chi connectivity index (χ1) is 10.6. The maximum absolute atomic E-state index is 10.4. The molecule has 0 heterocycles. The molecule has 0 radical (unpaired) electrons. The quantitative estimate of drug-likeness (QED) is 0.613. The van der Waals surface area contributed by atoms with Gasteiger partial charge in [-0.3, -0.25) is 0 Å². The van der Waals surface area contributed by atoms with Crippen molar-refractivity contribution in [3.8, 4) is 5.75 Å². The third kappa shape index (κ3) is 6.24. The van der Waals surface area contributed by atoms with E-state index in [4.69, 9.17) is 10.5 Å². The highest BCUT2D eigenvalue weighted by atomic mass is 16.5. The Labute approximate surface area is 135 Å². The first kappa shape index (κ1) is 18.8. The average molecular weight is 308 g/mol. The molecule has 1 rings (SSSR count). The molecule has 0 bridgehead atoms. The Bertz CT molecular complexity index is 418. The fourth-order valence-electron chi connectivity index (χ4n) is 2.56. The molecule has 4 heteroatoms. The molecule has 0 aliphatic rings. The van der Waals surface area contributed by atoms with Gasteiger partial charge in [0, 0.05) is 6.54 Å². The Balaban J connectivity index is 2.57. The second-order valence-corrected chi connectivity index (χ2v) is 5.79. The normalized spacial score (nSPS) is 12.6. The maximum atomic E-state index is 10.4. The van der Waals surface area contributed by atoms with Crippen LogP contribution in [0.25, 0.3) is 0 Å². The zero-order valence-electron chi connectivity index (χ0n) is 14.3. The summed E-state index contributed by atoms with van der Waals surface area (Å²) >= 11 is 0. The van der Waals surface area contributed by atoms with Gasteiger partial charge in [0.2, 0.25) is 0 Å². The van der Waals surface area contributed by atoms with E-state index in [0.717, 1.165) is 50.9 Å². The van der Waals surface area contributed by atoms with E-state index < -0.39 is 6.10 Å². The van der Waals surface area contributed by atoms with Crippen LogP contribution in [0, 0.1) is 0 Å². The maximum Gasteiger partial charge on any atom is 0.142 e. The second-order valence-electron chi connectivity index (χ2n) is 5.79. The highest BCUT2D eigenvalue weighted by Crippen LogP contribution is 2.27. The van der Waals surface area contributed by atoms with Crippen LogP contribution in [0.5, 0.6) is 5.75 Å². The van der Waals surface area contributed by atoms with Crippen molar-refractivity contribution < 1.29 is 9.84 Å². The predicted molar refractivity (Wildman–Crippen MR) is 93.2 cm³/mol. The van der Waals surface area contributed by atoms with Gasteiger partial charge in [0.25, 0.3) is 0 Å². The highest BCUT2D eigenvalue weighted by Gasteiger charge is 2.12. The molecule has 126 valence electrons. The van der Waals surface area contributed by atoms with Gasteiger partial charge in [0.15, 0.2) is 0 Å². The van der Waals surface area contributed by atoms with E-state index in [2.05, 4.69) is 25.7 Å². The largest absolute Gasteiger partial charge is 0.491 e. The van der Waals surface area contributed by atoms with Crippen LogP contribution >= 0.6 is 0 Å². The molecule has 0 spiro atoms. The van der Waals surface area contributed by atoms with Crippen molar-refractivity contribution in [2.45, 2.75) is 52.6 Å². The van der Waals surface area contributed by atoms with Crippen LogP contribution in [0.1, 0.15) is 58.1 Å². The number of aliphatic hydroxyl groups excluding tert-OH is 1. The Hall–Kier alpha value is -1.26. The number of rotatable bonds is 11. The number of hydrogen-bond donors (Lipinski definition) is 2. The van der Waals surface area contributed by atoms with Gasteiger partial charge in [0.1, 0.15) is 5.75 Å². The lowest BCUT2D eigenvalue weighted by Crippen LogP contribution is -2.27. The predicted octanol–water partition coefficient (Wildman–Crippen LogP) is 3.60. The van der Waals surface area contributed by atoms with Gasteiger partial charge < -0.3 is 20.5 Å². The van der Waals surface area contributed by atoms with Crippen LogP contribution in [-0.4, -0.2) is 36.2 Å². The van der Waals surface area contributed by atoms with Crippen LogP contribution < -0.4 is 10.5 Å². The number of ether oxygens (including phenoxy) is 1. The van der Waals surface area contributed by atoms with Crippen molar-refractivity contribution in [1.29, 1.82) is 0 Å². The molecule has 4 nitrogen and oxygen atoms in total. The Morgan fingerprint density at radius 1 is 1.09 bits per heavy atom. The summed E-state index contributed by atoms with van der Waals surface area (Å²) in [6.45, 7) is 10.2. The van der Waals surface area contributed by atoms with Crippen molar-refractivity contribution in [2.24, 2.45) is 0 Å². The third-order valence-corrected chi connectivity index (χ3v) is 3.68. The lowest BCUT2D eigenvalue weighted by molar-refractivity contribution is 0.141. The minimum Gasteiger partial charge on any atom is -0.491 e. The van der Waals surface area contributed by atoms with E-state index in [1.165, 1.54) is 0 Å². The van der Waals surface area contributed by atoms with Gasteiger partial charge >= 0.3 is 0 Å². The summed E-state index contributed by atoms with van der Waals surface area (Å²) in [7, 11) is 0. The van der Waals surface area contributed by atoms with Gasteiger partial charge in [-0.2, -0.15) is 0 Å². The molecule has 1 aromatic rings. The summed E-state index contributed by atoms with van der Waals surface area (Å²) in [5, 5.41) is 10.4. The van der Waals surface area contributed by atoms with E-state index in [1.54, 1.807) is 0 Å². The van der Waals surface area contributed by atoms with Crippen LogP contribution in [0.2, 0.25) is 0 Å². The summed E-state index contributed by atoms with van der Waals surface area (Å²) in [6.07, 6.45) is 3.50. The first-order valence-corrected chi connectivity index (χ1v) is 8.54. The molecule has 0 aliphatic heterocycles. The van der Waals surface area contributed by atoms with Gasteiger partial charge in [-0.25, -0.2) is 0 Å². The summed E-state index contributed by atoms with van der Waals surface area (Å²) in [6, 6.07) is 5.61. The smallest absolute Gasteiger partial charge is 0.142 e. The SMILES string of the molecule is CCCOc1ccc(C(O)CCN(CCC)CCC)cc1N. The van der Waals surface area contributed by atoms with E-state index in [0.29, 0.717) is 18.0 Å². The molecule has 22 heavy (non-hydrogen) atoms. The molecule has 0 aromatic heterocycles. The van der Waals surface area contributed by atoms with Gasteiger partial charge in [0.05, 0.1) is 18.4 Å². The van der Waals surface area contributed by atoms with Crippen molar-refractivity contribution >= 4 is 5.69 Å². The fourth-order valence-corrected chi connectivity index (χ4v) is 2.56. The molecular weight excluding hydrogens is 276 g/mol. The number of aliphatic hydroxyl groups is 1. The molecule has 1 aromatic carbocycles. The highest BCUT2D eigenvalue weighted by molar-refractivity contribution is 5.54. The first-order valence-electron chi connectivity index (χ1n) is 8.54. The van der Waals surface area contributed by atoms with Gasteiger partial charge in [-0.05, 0) is 56.5 Å². The molecule has 0 saturated heterocycles. The zero-order valence-corrected chi connectivity index (χ0v) is 14.3. The molecular formula is C18H32N2O2. The van der Waals surface area contributed by atoms with E-state index in [9.17, 15) is 5.11 Å². The Morgan fingerprint density at radius 2 is 1.77 bits per heavy atom. The molecule has 1 atom stereocenters. The monoisotopic (exact) mass is 308 g/mol. The summed E-state index contributed by atoms with van der Waals surface area (Å²) < 4.78 is 5.57. The van der Waals surface area contributed by atoms with E-state index in [-0.39, 0.29) is 0 Å². The molecule has 3 N–H and O–H groups in total. The topological polar surface area (TPSA) is 58.7 Å². The lowest BCUT2D eigenvalue weighted by Gasteiger charge is -2.22. The second kappa shape index (κ2) is 10.5. The van der Waals surface area contributed by atoms with Gasteiger partial charge in [-0.15, -0.1) is 0 Å². The van der Waals surface area contributed by atoms with Crippen LogP contribution in [0.4, 0.5) is 5.69 Å². The number of anilines is 1. The molecule has 0 amide bonds. The van der Waals surface area contributed by atoms with Crippen LogP contribution in [0.15, 0.2) is 18.2 Å². The van der Waals surface area contributed by atoms with E-state index >= 15 is 0 Å². The minimum absolute atomic E-state index is 0.473. The lowest BCUT2D eigenvalue weighted by atomic mass is 10.0. The summed E-state index contributed by atoms with van der Waals surface area (Å²) in [5.41, 5.74) is 7.48. The van der Waals surface area contributed by atoms with Gasteiger partial charge in [-0.1, -0.05) is 26.8 Å². The van der Waals surface area contributed by atoms with Crippen LogP contribution in [-0.2, 0) is 0 Å². The number of nitrogens with zero attached hydrogens (tertiary/aromatic N) is 1. The average Bonchev–Trinajstić information content (AvgIpc) is 2.51. The molecule has 1 unspecified atom stereocenters. The third-order valence-electron chi connectivity index (χ3n) is 3.68. The molecule has 0 aliphatic carbocycles. The summed E-state index contributed by atoms with van der Waals surface area (Å²) in [4.78, 5) is 2.41. The van der Waals surface area contributed by atoms with Crippen molar-refractivity contribution in [2.75, 3.05) is 32.0 Å². The summed E-state index contributed by atoms with van der Waals surface area (Å²) in [5.74, 6) is 0.705. The fraction of sp³-hybridized carbons (Fsp3) is 0.667. The van der Waals surface area contributed by atoms with Crippen molar-refractivity contribution in [1.82, 2.24) is 4.90 Å².